The number of benzene rings is 3. The Morgan fingerprint density at radius 3 is 2.87 bits per heavy atom. The number of carbonyl (C=O) groups excluding carboxylic acids is 1. The lowest BCUT2D eigenvalue weighted by Gasteiger charge is -2.48. The van der Waals surface area contributed by atoms with E-state index < -0.39 is 5.91 Å². The van der Waals surface area contributed by atoms with Crippen molar-refractivity contribution in [3.05, 3.63) is 84.2 Å². The van der Waals surface area contributed by atoms with E-state index >= 15 is 0 Å². The first-order chi connectivity index (χ1) is 18.6. The van der Waals surface area contributed by atoms with Crippen molar-refractivity contribution in [2.45, 2.75) is 38.3 Å². The van der Waals surface area contributed by atoms with Crippen LogP contribution in [0.4, 0.5) is 5.69 Å². The van der Waals surface area contributed by atoms with Gasteiger partial charge in [-0.05, 0) is 68.1 Å². The Morgan fingerprint density at radius 1 is 1.11 bits per heavy atom. The molecule has 5 aromatic rings. The van der Waals surface area contributed by atoms with E-state index in [1.54, 1.807) is 6.07 Å². The smallest absolute Gasteiger partial charge is 0.250 e. The molecule has 1 aliphatic carbocycles. The van der Waals surface area contributed by atoms with E-state index in [4.69, 9.17) is 15.6 Å². The number of aromatic nitrogens is 3. The Morgan fingerprint density at radius 2 is 2.00 bits per heavy atom. The highest BCUT2D eigenvalue weighted by atomic mass is 16.5. The molecule has 3 N–H and O–H groups in total. The number of hydrogen-bond acceptors (Lipinski definition) is 5. The van der Waals surface area contributed by atoms with Crippen LogP contribution in [-0.4, -0.2) is 39.4 Å². The summed E-state index contributed by atoms with van der Waals surface area (Å²) in [6.45, 7) is 2.88. The fourth-order valence-corrected chi connectivity index (χ4v) is 6.17. The van der Waals surface area contributed by atoms with Gasteiger partial charge in [0, 0.05) is 46.8 Å². The topological polar surface area (TPSA) is 95.1 Å². The summed E-state index contributed by atoms with van der Waals surface area (Å²) >= 11 is 0. The molecular weight excluding hydrogens is 474 g/mol. The number of aryl methyl sites for hydroxylation is 1. The van der Waals surface area contributed by atoms with Crippen LogP contribution < -0.4 is 11.1 Å². The van der Waals surface area contributed by atoms with Crippen LogP contribution in [-0.2, 0) is 4.74 Å². The summed E-state index contributed by atoms with van der Waals surface area (Å²) in [5, 5.41) is 10.7. The molecule has 3 heterocycles. The molecule has 1 saturated carbocycles. The Labute approximate surface area is 220 Å². The summed E-state index contributed by atoms with van der Waals surface area (Å²) in [6.07, 6.45) is 5.42. The van der Waals surface area contributed by atoms with Crippen LogP contribution >= 0.6 is 0 Å². The molecule has 1 saturated heterocycles. The van der Waals surface area contributed by atoms with Crippen molar-refractivity contribution in [1.29, 1.82) is 0 Å². The van der Waals surface area contributed by atoms with Gasteiger partial charge in [0.05, 0.1) is 34.1 Å². The molecule has 7 heteroatoms. The van der Waals surface area contributed by atoms with Gasteiger partial charge in [-0.25, -0.2) is 4.68 Å². The Bertz CT molecular complexity index is 1710. The minimum Gasteiger partial charge on any atom is -0.381 e. The maximum Gasteiger partial charge on any atom is 0.250 e. The van der Waals surface area contributed by atoms with E-state index in [1.807, 2.05) is 48.1 Å². The lowest BCUT2D eigenvalue weighted by Crippen LogP contribution is -2.53. The van der Waals surface area contributed by atoms with E-state index in [-0.39, 0.29) is 6.04 Å². The number of nitrogens with zero attached hydrogens (tertiary/aromatic N) is 3. The lowest BCUT2D eigenvalue weighted by atomic mass is 9.72. The van der Waals surface area contributed by atoms with Crippen LogP contribution in [0.15, 0.2) is 72.9 Å². The zero-order valence-corrected chi connectivity index (χ0v) is 21.2. The molecule has 3 atom stereocenters. The van der Waals surface area contributed by atoms with Gasteiger partial charge in [0.25, 0.3) is 5.91 Å². The van der Waals surface area contributed by atoms with Gasteiger partial charge in [-0.15, -0.1) is 0 Å². The second kappa shape index (κ2) is 8.96. The van der Waals surface area contributed by atoms with Crippen molar-refractivity contribution >= 4 is 33.4 Å². The number of nitrogens with one attached hydrogen (secondary N) is 1. The molecule has 7 nitrogen and oxygen atoms in total. The quantitative estimate of drug-likeness (QED) is 0.324. The van der Waals surface area contributed by atoms with Crippen LogP contribution in [0, 0.1) is 12.8 Å². The highest BCUT2D eigenvalue weighted by Gasteiger charge is 2.43. The Hall–Kier alpha value is -4.23. The van der Waals surface area contributed by atoms with Gasteiger partial charge in [-0.2, -0.15) is 5.10 Å². The maximum absolute atomic E-state index is 12.3. The van der Waals surface area contributed by atoms with Gasteiger partial charge in [0.2, 0.25) is 0 Å². The molecule has 3 unspecified atom stereocenters. The summed E-state index contributed by atoms with van der Waals surface area (Å²) < 4.78 is 7.84. The monoisotopic (exact) mass is 503 g/mol. The van der Waals surface area contributed by atoms with E-state index in [9.17, 15) is 4.79 Å². The molecule has 3 aromatic carbocycles. The molecule has 1 amide bonds. The SMILES string of the molecule is Cc1nn(-c2ccc(C(N)=O)c(NC3CC4OCCCC34)c2)c2cccc(-c3cnc4ccccc4c3)c12. The summed E-state index contributed by atoms with van der Waals surface area (Å²) in [5.74, 6) is 0.0291. The van der Waals surface area contributed by atoms with E-state index in [0.717, 1.165) is 75.9 Å². The number of nitrogens with two attached hydrogens (primary N) is 1. The van der Waals surface area contributed by atoms with Crippen molar-refractivity contribution < 1.29 is 9.53 Å². The fourth-order valence-electron chi connectivity index (χ4n) is 6.17. The average molecular weight is 504 g/mol. The predicted molar refractivity (Wildman–Crippen MR) is 150 cm³/mol. The summed E-state index contributed by atoms with van der Waals surface area (Å²) in [4.78, 5) is 17.0. The number of rotatable bonds is 5. The van der Waals surface area contributed by atoms with Gasteiger partial charge in [0.15, 0.2) is 0 Å². The second-order valence-electron chi connectivity index (χ2n) is 10.4. The lowest BCUT2D eigenvalue weighted by molar-refractivity contribution is -0.0897. The van der Waals surface area contributed by atoms with Crippen LogP contribution in [0.25, 0.3) is 38.6 Å². The number of amides is 1. The van der Waals surface area contributed by atoms with Crippen LogP contribution in [0.5, 0.6) is 0 Å². The molecular formula is C31H29N5O2. The normalized spacial score (nSPS) is 20.7. The van der Waals surface area contributed by atoms with Crippen molar-refractivity contribution in [3.8, 4) is 16.8 Å². The molecule has 38 heavy (non-hydrogen) atoms. The van der Waals surface area contributed by atoms with Crippen molar-refractivity contribution in [3.63, 3.8) is 0 Å². The first kappa shape index (κ1) is 22.9. The fraction of sp³-hybridized carbons (Fsp3) is 0.258. The third-order valence-electron chi connectivity index (χ3n) is 8.13. The van der Waals surface area contributed by atoms with Crippen molar-refractivity contribution in [2.75, 3.05) is 11.9 Å². The third-order valence-corrected chi connectivity index (χ3v) is 8.13. The molecule has 0 bridgehead atoms. The third kappa shape index (κ3) is 3.73. The van der Waals surface area contributed by atoms with E-state index in [1.165, 1.54) is 0 Å². The molecule has 2 aliphatic rings. The van der Waals surface area contributed by atoms with Gasteiger partial charge >= 0.3 is 0 Å². The largest absolute Gasteiger partial charge is 0.381 e. The molecule has 1 aliphatic heterocycles. The van der Waals surface area contributed by atoms with Crippen LogP contribution in [0.3, 0.4) is 0 Å². The molecule has 2 fully saturated rings. The van der Waals surface area contributed by atoms with E-state index in [0.29, 0.717) is 17.6 Å². The molecule has 190 valence electrons. The highest BCUT2D eigenvalue weighted by Crippen LogP contribution is 2.40. The number of carbonyl (C=O) groups is 1. The number of para-hydroxylation sites is 1. The molecule has 0 spiro atoms. The minimum atomic E-state index is -0.442. The first-order valence-electron chi connectivity index (χ1n) is 13.2. The summed E-state index contributed by atoms with van der Waals surface area (Å²) in [7, 11) is 0. The number of anilines is 1. The van der Waals surface area contributed by atoms with Crippen LogP contribution in [0.2, 0.25) is 0 Å². The minimum absolute atomic E-state index is 0.275. The second-order valence-corrected chi connectivity index (χ2v) is 10.4. The zero-order valence-electron chi connectivity index (χ0n) is 21.2. The summed E-state index contributed by atoms with van der Waals surface area (Å²) in [6, 6.07) is 22.6. The van der Waals surface area contributed by atoms with Gasteiger partial charge in [-0.3, -0.25) is 9.78 Å². The number of ether oxygens (including phenoxy) is 1. The number of fused-ring (bicyclic) bond motifs is 3. The molecule has 2 aromatic heterocycles. The van der Waals surface area contributed by atoms with Crippen molar-refractivity contribution in [2.24, 2.45) is 11.7 Å². The number of hydrogen-bond donors (Lipinski definition) is 2. The van der Waals surface area contributed by atoms with Crippen molar-refractivity contribution in [1.82, 2.24) is 14.8 Å². The molecule has 0 radical (unpaired) electrons. The van der Waals surface area contributed by atoms with Gasteiger partial charge in [0.1, 0.15) is 0 Å². The van der Waals surface area contributed by atoms with Gasteiger partial charge < -0.3 is 15.8 Å². The zero-order chi connectivity index (χ0) is 25.8. The number of primary amides is 1. The maximum atomic E-state index is 12.3. The summed E-state index contributed by atoms with van der Waals surface area (Å²) in [5.41, 5.74) is 12.9. The first-order valence-corrected chi connectivity index (χ1v) is 13.2. The highest BCUT2D eigenvalue weighted by molar-refractivity contribution is 6.00. The van der Waals surface area contributed by atoms with E-state index in [2.05, 4.69) is 40.6 Å². The van der Waals surface area contributed by atoms with Gasteiger partial charge in [-0.1, -0.05) is 30.3 Å². The Kier molecular flexibility index (Phi) is 5.40. The number of pyridine rings is 1. The Balaban J connectivity index is 1.30. The molecule has 7 rings (SSSR count). The predicted octanol–water partition coefficient (Wildman–Crippen LogP) is 5.63. The standard InChI is InChI=1S/C31H29N5O2/c1-18-30-22(20-14-19-6-2-3-9-25(19)33-17-20)7-4-10-28(30)36(35-18)21-11-12-24(31(32)37)26(15-21)34-27-16-29-23(27)8-5-13-38-29/h2-4,6-7,9-12,14-15,17,23,27,29,34H,5,8,13,16H2,1H3,(H2,32,37). The van der Waals surface area contributed by atoms with Crippen LogP contribution in [0.1, 0.15) is 35.3 Å². The average Bonchev–Trinajstić information content (AvgIpc) is 3.28.